The number of carbonyl (C=O) groups excluding carboxylic acids is 2. The third-order valence-corrected chi connectivity index (χ3v) is 3.43. The molecule has 0 aliphatic heterocycles. The minimum atomic E-state index is -0.481. The Balaban J connectivity index is 2.07. The highest BCUT2D eigenvalue weighted by Gasteiger charge is 2.07. The van der Waals surface area contributed by atoms with Gasteiger partial charge in [-0.2, -0.15) is 0 Å². The molecule has 0 bridgehead atoms. The summed E-state index contributed by atoms with van der Waals surface area (Å²) in [6.07, 6.45) is 0. The van der Waals surface area contributed by atoms with Crippen LogP contribution in [0.2, 0.25) is 0 Å². The van der Waals surface area contributed by atoms with Gasteiger partial charge in [0, 0.05) is 22.1 Å². The Hall–Kier alpha value is -2.14. The molecule has 2 rings (SSSR count). The Bertz CT molecular complexity index is 678. The lowest BCUT2D eigenvalue weighted by atomic mass is 10.1. The summed E-state index contributed by atoms with van der Waals surface area (Å²) in [5.41, 5.74) is 8.08. The SMILES string of the molecule is Cc1cc(Br)cc(C(=O)NCc2cccc(C(N)=O)c2)c1. The van der Waals surface area contributed by atoms with Crippen LogP contribution in [0.3, 0.4) is 0 Å². The summed E-state index contributed by atoms with van der Waals surface area (Å²) in [7, 11) is 0. The number of nitrogens with two attached hydrogens (primary N) is 1. The van der Waals surface area contributed by atoms with Gasteiger partial charge < -0.3 is 11.1 Å². The van der Waals surface area contributed by atoms with Crippen molar-refractivity contribution >= 4 is 27.7 Å². The fourth-order valence-corrected chi connectivity index (χ4v) is 2.59. The fraction of sp³-hybridized carbons (Fsp3) is 0.125. The number of hydrogen-bond acceptors (Lipinski definition) is 2. The second kappa shape index (κ2) is 6.54. The Morgan fingerprint density at radius 3 is 2.57 bits per heavy atom. The van der Waals surface area contributed by atoms with Gasteiger partial charge in [0.15, 0.2) is 0 Å². The number of nitrogens with one attached hydrogen (secondary N) is 1. The Morgan fingerprint density at radius 1 is 1.14 bits per heavy atom. The van der Waals surface area contributed by atoms with Gasteiger partial charge >= 0.3 is 0 Å². The van der Waals surface area contributed by atoms with E-state index in [2.05, 4.69) is 21.2 Å². The van der Waals surface area contributed by atoms with Crippen LogP contribution in [0.5, 0.6) is 0 Å². The van der Waals surface area contributed by atoms with Crippen LogP contribution >= 0.6 is 15.9 Å². The molecule has 21 heavy (non-hydrogen) atoms. The van der Waals surface area contributed by atoms with E-state index >= 15 is 0 Å². The van der Waals surface area contributed by atoms with E-state index in [0.29, 0.717) is 17.7 Å². The minimum Gasteiger partial charge on any atom is -0.366 e. The van der Waals surface area contributed by atoms with Crippen LogP contribution in [0.25, 0.3) is 0 Å². The first kappa shape index (κ1) is 15.3. The summed E-state index contributed by atoms with van der Waals surface area (Å²) < 4.78 is 0.864. The zero-order chi connectivity index (χ0) is 15.4. The number of amides is 2. The molecule has 0 spiro atoms. The summed E-state index contributed by atoms with van der Waals surface area (Å²) in [6, 6.07) is 12.4. The molecule has 0 saturated carbocycles. The monoisotopic (exact) mass is 346 g/mol. The maximum atomic E-state index is 12.1. The quantitative estimate of drug-likeness (QED) is 0.893. The molecular formula is C16H15BrN2O2. The van der Waals surface area contributed by atoms with Crippen molar-refractivity contribution in [3.05, 3.63) is 69.2 Å². The molecule has 0 aromatic heterocycles. The second-order valence-electron chi connectivity index (χ2n) is 4.76. The van der Waals surface area contributed by atoms with E-state index in [-0.39, 0.29) is 5.91 Å². The molecule has 2 aromatic rings. The van der Waals surface area contributed by atoms with E-state index in [0.717, 1.165) is 15.6 Å². The molecule has 0 heterocycles. The van der Waals surface area contributed by atoms with E-state index in [1.807, 2.05) is 25.1 Å². The van der Waals surface area contributed by atoms with Gasteiger partial charge in [0.1, 0.15) is 0 Å². The topological polar surface area (TPSA) is 72.2 Å². The number of aryl methyl sites for hydroxylation is 1. The van der Waals surface area contributed by atoms with Crippen LogP contribution in [0.15, 0.2) is 46.9 Å². The average Bonchev–Trinajstić information content (AvgIpc) is 2.44. The summed E-state index contributed by atoms with van der Waals surface area (Å²) >= 11 is 3.37. The Labute approximate surface area is 131 Å². The third-order valence-electron chi connectivity index (χ3n) is 2.97. The van der Waals surface area contributed by atoms with Crippen LogP contribution < -0.4 is 11.1 Å². The van der Waals surface area contributed by atoms with Gasteiger partial charge in [-0.3, -0.25) is 9.59 Å². The van der Waals surface area contributed by atoms with Crippen LogP contribution in [-0.2, 0) is 6.54 Å². The van der Waals surface area contributed by atoms with Crippen molar-refractivity contribution in [2.24, 2.45) is 5.73 Å². The maximum Gasteiger partial charge on any atom is 0.251 e. The molecule has 0 radical (unpaired) electrons. The standard InChI is InChI=1S/C16H15BrN2O2/c1-10-5-13(8-14(17)6-10)16(21)19-9-11-3-2-4-12(7-11)15(18)20/h2-8H,9H2,1H3,(H2,18,20)(H,19,21). The molecule has 108 valence electrons. The van der Waals surface area contributed by atoms with Crippen LogP contribution in [0.4, 0.5) is 0 Å². The predicted molar refractivity (Wildman–Crippen MR) is 85.0 cm³/mol. The molecule has 0 fully saturated rings. The first-order valence-corrected chi connectivity index (χ1v) is 7.19. The second-order valence-corrected chi connectivity index (χ2v) is 5.68. The van der Waals surface area contributed by atoms with E-state index in [9.17, 15) is 9.59 Å². The van der Waals surface area contributed by atoms with Gasteiger partial charge in [0.25, 0.3) is 5.91 Å². The molecule has 5 heteroatoms. The van der Waals surface area contributed by atoms with Crippen molar-refractivity contribution in [2.75, 3.05) is 0 Å². The summed E-state index contributed by atoms with van der Waals surface area (Å²) in [6.45, 7) is 2.27. The van der Waals surface area contributed by atoms with Crippen molar-refractivity contribution in [1.82, 2.24) is 5.32 Å². The largest absolute Gasteiger partial charge is 0.366 e. The molecule has 0 aliphatic carbocycles. The minimum absolute atomic E-state index is 0.163. The fourth-order valence-electron chi connectivity index (χ4n) is 1.99. The van der Waals surface area contributed by atoms with E-state index < -0.39 is 5.91 Å². The lowest BCUT2D eigenvalue weighted by Gasteiger charge is -2.07. The molecule has 0 saturated heterocycles. The predicted octanol–water partition coefficient (Wildman–Crippen LogP) is 2.79. The lowest BCUT2D eigenvalue weighted by molar-refractivity contribution is 0.0950. The van der Waals surface area contributed by atoms with E-state index in [1.54, 1.807) is 24.3 Å². The summed E-state index contributed by atoms with van der Waals surface area (Å²) in [5, 5.41) is 2.82. The lowest BCUT2D eigenvalue weighted by Crippen LogP contribution is -2.23. The van der Waals surface area contributed by atoms with Crippen LogP contribution in [0, 0.1) is 6.92 Å². The van der Waals surface area contributed by atoms with Crippen LogP contribution in [0.1, 0.15) is 31.8 Å². The van der Waals surface area contributed by atoms with Gasteiger partial charge in [-0.25, -0.2) is 0 Å². The third kappa shape index (κ3) is 4.16. The van der Waals surface area contributed by atoms with E-state index in [4.69, 9.17) is 5.73 Å². The molecule has 0 aliphatic rings. The van der Waals surface area contributed by atoms with Crippen LogP contribution in [-0.4, -0.2) is 11.8 Å². The van der Waals surface area contributed by atoms with Crippen molar-refractivity contribution in [2.45, 2.75) is 13.5 Å². The first-order chi connectivity index (χ1) is 9.95. The molecule has 4 nitrogen and oxygen atoms in total. The zero-order valence-corrected chi connectivity index (χ0v) is 13.1. The number of halogens is 1. The van der Waals surface area contributed by atoms with Crippen molar-refractivity contribution < 1.29 is 9.59 Å². The Kier molecular flexibility index (Phi) is 4.75. The molecule has 3 N–H and O–H groups in total. The number of rotatable bonds is 4. The number of hydrogen-bond donors (Lipinski definition) is 2. The highest BCUT2D eigenvalue weighted by atomic mass is 79.9. The van der Waals surface area contributed by atoms with Gasteiger partial charge in [-0.05, 0) is 48.4 Å². The molecule has 2 aromatic carbocycles. The van der Waals surface area contributed by atoms with Crippen molar-refractivity contribution in [1.29, 1.82) is 0 Å². The smallest absolute Gasteiger partial charge is 0.251 e. The highest BCUT2D eigenvalue weighted by molar-refractivity contribution is 9.10. The first-order valence-electron chi connectivity index (χ1n) is 6.40. The average molecular weight is 347 g/mol. The van der Waals surface area contributed by atoms with Gasteiger partial charge in [0.2, 0.25) is 5.91 Å². The van der Waals surface area contributed by atoms with Gasteiger partial charge in [-0.15, -0.1) is 0 Å². The number of primary amides is 1. The van der Waals surface area contributed by atoms with Gasteiger partial charge in [-0.1, -0.05) is 28.1 Å². The normalized spacial score (nSPS) is 10.2. The summed E-state index contributed by atoms with van der Waals surface area (Å²) in [4.78, 5) is 23.2. The molecule has 2 amide bonds. The van der Waals surface area contributed by atoms with E-state index in [1.165, 1.54) is 0 Å². The molecular weight excluding hydrogens is 332 g/mol. The highest BCUT2D eigenvalue weighted by Crippen LogP contribution is 2.15. The summed E-state index contributed by atoms with van der Waals surface area (Å²) in [5.74, 6) is -0.644. The zero-order valence-electron chi connectivity index (χ0n) is 11.5. The number of carbonyl (C=O) groups is 2. The molecule has 0 atom stereocenters. The van der Waals surface area contributed by atoms with Crippen molar-refractivity contribution in [3.63, 3.8) is 0 Å². The van der Waals surface area contributed by atoms with Gasteiger partial charge in [0.05, 0.1) is 0 Å². The molecule has 0 unspecified atom stereocenters. The maximum absolute atomic E-state index is 12.1. The Morgan fingerprint density at radius 2 is 1.90 bits per heavy atom. The van der Waals surface area contributed by atoms with Crippen molar-refractivity contribution in [3.8, 4) is 0 Å². The number of benzene rings is 2.